The lowest BCUT2D eigenvalue weighted by Crippen LogP contribution is -1.78. The smallest absolute Gasteiger partial charge is 0.0230 e. The summed E-state index contributed by atoms with van der Waals surface area (Å²) in [5.74, 6) is 0. The summed E-state index contributed by atoms with van der Waals surface area (Å²) in [6.07, 6.45) is 42.4. The molecule has 0 saturated heterocycles. The van der Waals surface area contributed by atoms with Gasteiger partial charge in [0.2, 0.25) is 0 Å². The molecule has 0 heterocycles. The number of hydrogen-bond acceptors (Lipinski definition) is 0. The molecule has 0 aliphatic rings. The molecule has 0 bridgehead atoms. The second-order valence-electron chi connectivity index (χ2n) is 12.0. The summed E-state index contributed by atoms with van der Waals surface area (Å²) in [6, 6.07) is 1.51. The molecule has 0 spiro atoms. The Morgan fingerprint density at radius 1 is 0.218 bits per heavy atom. The van der Waals surface area contributed by atoms with Gasteiger partial charge < -0.3 is 0 Å². The second kappa shape index (κ2) is 158. The van der Waals surface area contributed by atoms with Crippen molar-refractivity contribution >= 4 is 10.2 Å². The zero-order valence-corrected chi connectivity index (χ0v) is 31.6. The van der Waals surface area contributed by atoms with Gasteiger partial charge in [-0.2, -0.15) is 0 Å². The van der Waals surface area contributed by atoms with Crippen molar-refractivity contribution in [1.82, 2.24) is 0 Å². The van der Waals surface area contributed by atoms with Gasteiger partial charge in [-0.15, -0.1) is 0 Å². The summed E-state index contributed by atoms with van der Waals surface area (Å²) in [4.78, 5) is 0. The highest BCUT2D eigenvalue weighted by Gasteiger charge is 1.89. The molecule has 0 rings (SSSR count). The molecule has 55 heavy (non-hydrogen) atoms. The average Bonchev–Trinajstić information content (AvgIpc) is 2.97. The Hall–Kier alpha value is 0.217. The molecule has 0 saturated carbocycles. The zero-order valence-electron chi connectivity index (χ0n) is 30.6. The lowest BCUT2D eigenvalue weighted by molar-refractivity contribution is 0.585. The summed E-state index contributed by atoms with van der Waals surface area (Å²) in [6.45, 7) is 14.2. The normalized spacial score (nSPS) is 7.49. The first-order valence-electron chi connectivity index (χ1n) is 19.7. The molecule has 0 aliphatic carbocycles. The fourth-order valence-corrected chi connectivity index (χ4v) is 5.08. The Bertz CT molecular complexity index is 238. The quantitative estimate of drug-likeness (QED) is 0.0572. The minimum Gasteiger partial charge on any atom is -0.0776 e. The minimum absolute atomic E-state index is 0. The van der Waals surface area contributed by atoms with Crippen molar-refractivity contribution in [3.05, 3.63) is 0 Å². The van der Waals surface area contributed by atoms with Crippen LogP contribution in [-0.4, -0.2) is 10.2 Å². The fraction of sp³-hybridized carbons (Fsp3) is 1.00. The van der Waals surface area contributed by atoms with Gasteiger partial charge in [-0.1, -0.05) is 366 Å². The Labute approximate surface area is 376 Å². The van der Waals surface area contributed by atoms with E-state index < -0.39 is 0 Å². The predicted octanol–water partition coefficient (Wildman–Crippen LogP) is 24.7. The summed E-state index contributed by atoms with van der Waals surface area (Å²) < 4.78 is 6.92. The maximum absolute atomic E-state index is 6.92. The minimum atomic E-state index is 0. The van der Waals surface area contributed by atoms with E-state index >= 15 is 0 Å². The summed E-state index contributed by atoms with van der Waals surface area (Å²) in [5, 5.41) is 0. The molecule has 0 fully saturated rings. The molecular weight excluding hydrogens is 677 g/mol. The molecule has 0 aromatic heterocycles. The molecule has 0 aromatic carbocycles. The van der Waals surface area contributed by atoms with Crippen LogP contribution in [0.3, 0.4) is 0 Å². The van der Waals surface area contributed by atoms with Crippen molar-refractivity contribution in [2.45, 2.75) is 366 Å². The number of unbranched alkanes of at least 4 members (excludes halogenated alkanes) is 26. The topological polar surface area (TPSA) is 0 Å². The van der Waals surface area contributed by atoms with E-state index in [0.717, 1.165) is 6.42 Å². The SMILES string of the molecule is C.C.C.C.C.C.C.C.C.C.C.C.C.C.C.C.CCCCCCCCCC.CCCCCCCCCC.CCCCCCCCC[SiH3].[3H]CCCCCCCCC. The van der Waals surface area contributed by atoms with Crippen LogP contribution >= 0.6 is 0 Å². The zero-order chi connectivity index (χ0) is 30.6. The maximum Gasteiger partial charge on any atom is 0.0230 e. The molecule has 1 heteroatoms. The van der Waals surface area contributed by atoms with Crippen LogP contribution in [0.15, 0.2) is 0 Å². The van der Waals surface area contributed by atoms with E-state index in [1.807, 2.05) is 0 Å². The van der Waals surface area contributed by atoms with Crippen molar-refractivity contribution < 1.29 is 1.37 Å². The maximum atomic E-state index is 6.92. The molecule has 0 unspecified atom stereocenters. The Kier molecular flexibility index (Phi) is 354. The van der Waals surface area contributed by atoms with E-state index in [1.165, 1.54) is 202 Å². The standard InChI is InChI=1S/2C10H22.C9H22Si.C9H20.16CH4/c2*1-3-5-7-9-10-8-6-4-2;1-2-3-4-5-6-7-8-9-10;1-3-5-7-9-8-6-4-2;;;;;;;;;;;;;;;;/h2*3-10H2,1-2H3;2-9H2,1,10H3;3-9H2,1-2H3;16*1H4/i;;;1T;;;;;;;;;;;;;;;;. The lowest BCUT2D eigenvalue weighted by Gasteiger charge is -1.97. The van der Waals surface area contributed by atoms with Gasteiger partial charge in [0.1, 0.15) is 0 Å². The third-order valence-electron chi connectivity index (χ3n) is 7.47. The lowest BCUT2D eigenvalue weighted by atomic mass is 10.1. The summed E-state index contributed by atoms with van der Waals surface area (Å²) in [5.41, 5.74) is 0. The van der Waals surface area contributed by atoms with Gasteiger partial charge in [0.25, 0.3) is 0 Å². The van der Waals surface area contributed by atoms with Crippen molar-refractivity contribution in [2.75, 3.05) is 0 Å². The van der Waals surface area contributed by atoms with E-state index in [4.69, 9.17) is 1.37 Å². The van der Waals surface area contributed by atoms with Gasteiger partial charge in [0, 0.05) is 11.6 Å². The monoisotopic (exact) mass is 829 g/mol. The van der Waals surface area contributed by atoms with Crippen LogP contribution in [0.5, 0.6) is 0 Å². The third kappa shape index (κ3) is 200. The first-order valence-corrected chi connectivity index (χ1v) is 20.4. The van der Waals surface area contributed by atoms with Crippen molar-refractivity contribution in [2.24, 2.45) is 0 Å². The molecule has 0 amide bonds. The van der Waals surface area contributed by atoms with Crippen LogP contribution in [0.25, 0.3) is 0 Å². The molecule has 370 valence electrons. The third-order valence-corrected chi connectivity index (χ3v) is 8.18. The Morgan fingerprint density at radius 2 is 0.345 bits per heavy atom. The molecular formula is C54H150Si. The van der Waals surface area contributed by atoms with Gasteiger partial charge in [-0.05, 0) is 0 Å². The molecule has 0 nitrogen and oxygen atoms in total. The van der Waals surface area contributed by atoms with E-state index in [2.05, 4.69) is 41.5 Å². The van der Waals surface area contributed by atoms with Crippen LogP contribution in [0, 0.1) is 0 Å². The predicted molar refractivity (Wildman–Crippen MR) is 301 cm³/mol. The van der Waals surface area contributed by atoms with Crippen molar-refractivity contribution in [3.63, 3.8) is 0 Å². The van der Waals surface area contributed by atoms with Crippen LogP contribution in [0.4, 0.5) is 0 Å². The summed E-state index contributed by atoms with van der Waals surface area (Å²) in [7, 11) is 1.41. The van der Waals surface area contributed by atoms with E-state index in [0.29, 0.717) is 6.90 Å². The highest BCUT2D eigenvalue weighted by atomic mass is 28.1. The van der Waals surface area contributed by atoms with Crippen LogP contribution in [0.1, 0.15) is 361 Å². The highest BCUT2D eigenvalue weighted by molar-refractivity contribution is 6.08. The molecule has 0 aromatic rings. The molecule has 0 radical (unpaired) electrons. The Balaban J connectivity index is -0.0000000157. The van der Waals surface area contributed by atoms with Gasteiger partial charge in [-0.25, -0.2) is 0 Å². The Morgan fingerprint density at radius 3 is 0.473 bits per heavy atom. The van der Waals surface area contributed by atoms with E-state index in [1.54, 1.807) is 0 Å². The number of hydrogen-bond donors (Lipinski definition) is 0. The molecule has 0 aliphatic heterocycles. The first kappa shape index (κ1) is 124. The number of rotatable bonds is 27. The van der Waals surface area contributed by atoms with Crippen LogP contribution < -0.4 is 0 Å². The van der Waals surface area contributed by atoms with Gasteiger partial charge in [0.05, 0.1) is 0 Å². The molecule has 0 atom stereocenters. The van der Waals surface area contributed by atoms with Gasteiger partial charge in [-0.3, -0.25) is 0 Å². The van der Waals surface area contributed by atoms with Crippen molar-refractivity contribution in [1.29, 1.82) is 0 Å². The largest absolute Gasteiger partial charge is 0.0776 e. The average molecular weight is 830 g/mol. The molecule has 0 N–H and O–H groups in total. The van der Waals surface area contributed by atoms with E-state index in [9.17, 15) is 0 Å². The second-order valence-corrected chi connectivity index (χ2v) is 13.0. The van der Waals surface area contributed by atoms with Crippen molar-refractivity contribution in [3.8, 4) is 0 Å². The highest BCUT2D eigenvalue weighted by Crippen LogP contribution is 2.09. The van der Waals surface area contributed by atoms with Crippen LogP contribution in [-0.2, 0) is 0 Å². The fourth-order valence-electron chi connectivity index (χ4n) is 4.58. The van der Waals surface area contributed by atoms with Gasteiger partial charge in [0.15, 0.2) is 0 Å². The van der Waals surface area contributed by atoms with Gasteiger partial charge >= 0.3 is 0 Å². The summed E-state index contributed by atoms with van der Waals surface area (Å²) >= 11 is 0. The van der Waals surface area contributed by atoms with Crippen LogP contribution in [0.2, 0.25) is 6.04 Å². The van der Waals surface area contributed by atoms with E-state index in [-0.39, 0.29) is 119 Å². The first-order chi connectivity index (χ1) is 19.7.